The predicted octanol–water partition coefficient (Wildman–Crippen LogP) is -2.70. The van der Waals surface area contributed by atoms with Gasteiger partial charge in [-0.15, -0.1) is 0 Å². The highest BCUT2D eigenvalue weighted by molar-refractivity contribution is 6.23. The Labute approximate surface area is 292 Å². The summed E-state index contributed by atoms with van der Waals surface area (Å²) in [6, 6.07) is 0.296. The molecule has 11 N–H and O–H groups in total. The lowest BCUT2D eigenvalue weighted by Crippen LogP contribution is -2.98. The highest BCUT2D eigenvalue weighted by Gasteiger charge is 2.86. The Morgan fingerprint density at radius 3 is 2.63 bits per heavy atom. The summed E-state index contributed by atoms with van der Waals surface area (Å²) < 4.78 is 12.3. The van der Waals surface area contributed by atoms with E-state index in [1.54, 1.807) is 7.05 Å². The number of rotatable bonds is 15. The molecule has 5 aliphatic rings. The number of quaternary nitrogens is 3. The van der Waals surface area contributed by atoms with E-state index in [2.05, 4.69) is 71.5 Å². The van der Waals surface area contributed by atoms with Crippen molar-refractivity contribution >= 4 is 23.5 Å². The molecule has 0 radical (unpaired) electrons. The lowest BCUT2D eigenvalue weighted by atomic mass is 9.61. The molecular formula is C37H65N7O5+4. The van der Waals surface area contributed by atoms with E-state index >= 15 is 0 Å². The molecule has 0 aromatic heterocycles. The number of fused-ring (bicyclic) bond motifs is 2. The summed E-state index contributed by atoms with van der Waals surface area (Å²) in [6.07, 6.45) is 14.9. The average molecular weight is 688 g/mol. The van der Waals surface area contributed by atoms with Crippen LogP contribution in [-0.4, -0.2) is 93.4 Å². The minimum atomic E-state index is -1.84. The van der Waals surface area contributed by atoms with Crippen LogP contribution in [0.4, 0.5) is 0 Å². The maximum Gasteiger partial charge on any atom is 0.350 e. The summed E-state index contributed by atoms with van der Waals surface area (Å²) in [7, 11) is 3.86. The van der Waals surface area contributed by atoms with Crippen LogP contribution < -0.4 is 37.3 Å². The van der Waals surface area contributed by atoms with Gasteiger partial charge in [0, 0.05) is 49.4 Å². The van der Waals surface area contributed by atoms with Gasteiger partial charge in [-0.05, 0) is 51.5 Å². The molecule has 0 amide bonds. The first-order valence-electron chi connectivity index (χ1n) is 19.2. The highest BCUT2D eigenvalue weighted by atomic mass is 16.7. The third-order valence-electron chi connectivity index (χ3n) is 12.1. The largest absolute Gasteiger partial charge is 0.463 e. The number of guanidine groups is 1. The molecule has 10 atom stereocenters. The number of esters is 1. The van der Waals surface area contributed by atoms with E-state index in [0.717, 1.165) is 63.9 Å². The van der Waals surface area contributed by atoms with Crippen LogP contribution >= 0.6 is 0 Å². The molecule has 0 bridgehead atoms. The molecule has 2 saturated heterocycles. The lowest BCUT2D eigenvalue weighted by molar-refractivity contribution is -0.717. The fourth-order valence-corrected chi connectivity index (χ4v) is 9.21. The second kappa shape index (κ2) is 16.6. The number of piperidine rings is 1. The number of nitrogens with two attached hydrogens (primary N) is 4. The topological polar surface area (TPSA) is 187 Å². The summed E-state index contributed by atoms with van der Waals surface area (Å²) >= 11 is 0. The Balaban J connectivity index is 1.34. The molecule has 5 rings (SSSR count). The number of ketones is 2. The molecule has 2 heterocycles. The molecule has 3 aliphatic carbocycles. The summed E-state index contributed by atoms with van der Waals surface area (Å²) in [6.45, 7) is 9.40. The average Bonchev–Trinajstić information content (AvgIpc) is 3.83. The van der Waals surface area contributed by atoms with Crippen LogP contribution in [0, 0.1) is 29.6 Å². The number of carbonyl (C=O) groups excluding carboxylic acids is 3. The molecular weight excluding hydrogens is 622 g/mol. The molecule has 10 unspecified atom stereocenters. The number of Topliss-reactive ketones (excluding diaryl/α,β-unsaturated/α-hetero) is 2. The lowest BCUT2D eigenvalue weighted by Gasteiger charge is -2.37. The van der Waals surface area contributed by atoms with E-state index in [0.29, 0.717) is 43.2 Å². The van der Waals surface area contributed by atoms with E-state index in [-0.39, 0.29) is 42.6 Å². The fraction of sp³-hybridized carbons (Fsp3) is 0.784. The van der Waals surface area contributed by atoms with Gasteiger partial charge >= 0.3 is 11.9 Å². The number of carbonyl (C=O) groups is 3. The fourth-order valence-electron chi connectivity index (χ4n) is 9.21. The Hall–Kier alpha value is -2.64. The second-order valence-electron chi connectivity index (χ2n) is 15.3. The van der Waals surface area contributed by atoms with Gasteiger partial charge in [-0.1, -0.05) is 37.5 Å². The van der Waals surface area contributed by atoms with Crippen molar-refractivity contribution in [3.63, 3.8) is 0 Å². The number of nitrogens with one attached hydrogen (secondary N) is 3. The molecule has 0 aromatic rings. The number of hydrogen-bond donors (Lipinski definition) is 7. The minimum Gasteiger partial charge on any atom is -0.463 e. The van der Waals surface area contributed by atoms with Crippen molar-refractivity contribution in [3.8, 4) is 0 Å². The SMILES string of the molecule is CC[NH2+]C1C=CC(CC)CC1COC(=O)C12OC1(CC=C(C)CC(NC(N)=[NH+]C)C1CC[NH2+]C(NC[NH2+]C)C1)C(=O)C1CCCCC1C2=O. The van der Waals surface area contributed by atoms with Gasteiger partial charge in [0.15, 0.2) is 17.2 Å². The normalized spacial score (nSPS) is 36.9. The Bertz CT molecular complexity index is 1290. The molecule has 2 aliphatic heterocycles. The molecule has 274 valence electrons. The summed E-state index contributed by atoms with van der Waals surface area (Å²) in [4.78, 5) is 45.7. The van der Waals surface area contributed by atoms with E-state index in [1.807, 2.05) is 6.08 Å². The van der Waals surface area contributed by atoms with Crippen molar-refractivity contribution in [2.45, 2.75) is 114 Å². The first kappa shape index (κ1) is 37.6. The third-order valence-corrected chi connectivity index (χ3v) is 12.1. The van der Waals surface area contributed by atoms with Crippen LogP contribution in [0.25, 0.3) is 0 Å². The van der Waals surface area contributed by atoms with E-state index in [1.165, 1.54) is 0 Å². The second-order valence-corrected chi connectivity index (χ2v) is 15.3. The smallest absolute Gasteiger partial charge is 0.350 e. The number of hydrogen-bond acceptors (Lipinski definition) is 6. The molecule has 49 heavy (non-hydrogen) atoms. The van der Waals surface area contributed by atoms with Crippen LogP contribution in [0.5, 0.6) is 0 Å². The zero-order valence-corrected chi connectivity index (χ0v) is 30.6. The van der Waals surface area contributed by atoms with Crippen LogP contribution in [0.2, 0.25) is 0 Å². The van der Waals surface area contributed by atoms with E-state index in [9.17, 15) is 14.4 Å². The van der Waals surface area contributed by atoms with Crippen LogP contribution in [0.1, 0.15) is 85.0 Å². The van der Waals surface area contributed by atoms with Crippen LogP contribution in [0.3, 0.4) is 0 Å². The van der Waals surface area contributed by atoms with Gasteiger partial charge < -0.3 is 25.4 Å². The van der Waals surface area contributed by atoms with Crippen molar-refractivity contribution in [1.82, 2.24) is 10.6 Å². The third kappa shape index (κ3) is 7.83. The van der Waals surface area contributed by atoms with Gasteiger partial charge in [0.1, 0.15) is 25.5 Å². The molecule has 2 saturated carbocycles. The first-order chi connectivity index (χ1) is 23.6. The summed E-state index contributed by atoms with van der Waals surface area (Å²) in [5.41, 5.74) is 3.99. The molecule has 4 fully saturated rings. The number of ether oxygens (including phenoxy) is 2. The maximum absolute atomic E-state index is 14.3. The number of epoxide rings is 1. The van der Waals surface area contributed by atoms with Gasteiger partial charge in [-0.2, -0.15) is 0 Å². The zero-order chi connectivity index (χ0) is 35.2. The van der Waals surface area contributed by atoms with Crippen LogP contribution in [-0.2, 0) is 23.9 Å². The number of likely N-dealkylation sites (N-methyl/N-ethyl adjacent to an activating group) is 1. The predicted molar refractivity (Wildman–Crippen MR) is 185 cm³/mol. The maximum atomic E-state index is 14.3. The zero-order valence-electron chi connectivity index (χ0n) is 30.6. The van der Waals surface area contributed by atoms with Gasteiger partial charge in [-0.25, -0.2) is 10.1 Å². The van der Waals surface area contributed by atoms with Crippen molar-refractivity contribution in [2.75, 3.05) is 40.5 Å². The number of allylic oxidation sites excluding steroid dienone is 1. The van der Waals surface area contributed by atoms with Gasteiger partial charge in [-0.3, -0.25) is 25.6 Å². The van der Waals surface area contributed by atoms with Crippen molar-refractivity contribution in [1.29, 1.82) is 0 Å². The van der Waals surface area contributed by atoms with E-state index in [4.69, 9.17) is 15.2 Å². The van der Waals surface area contributed by atoms with Crippen molar-refractivity contribution < 1.29 is 44.8 Å². The van der Waals surface area contributed by atoms with E-state index < -0.39 is 29.0 Å². The van der Waals surface area contributed by atoms with Crippen molar-refractivity contribution in [3.05, 3.63) is 23.8 Å². The molecule has 12 nitrogen and oxygen atoms in total. The minimum absolute atomic E-state index is 0.0791. The standard InChI is InChI=1S/C37H61N7O5/c1-6-24-12-13-29(41-7-2)26(19-24)21-48-34(47)37-33(46)28-11-9-8-10-27(28)32(45)36(37,49-37)16-14-23(3)18-30(44-35(38)40-5)25-15-17-42-31(20-25)43-22-39-4/h12-14,24-31,39,41-43H,6-11,15-22H2,1-5H3,(H3,38,40,44)/p+4. The quantitative estimate of drug-likeness (QED) is 0.0184. The molecule has 0 spiro atoms. The Kier molecular flexibility index (Phi) is 12.7. The Morgan fingerprint density at radius 1 is 1.18 bits per heavy atom. The Morgan fingerprint density at radius 2 is 1.94 bits per heavy atom. The first-order valence-corrected chi connectivity index (χ1v) is 19.2. The molecule has 0 aromatic carbocycles. The summed E-state index contributed by atoms with van der Waals surface area (Å²) in [5, 5.41) is 13.9. The van der Waals surface area contributed by atoms with Gasteiger partial charge in [0.05, 0.1) is 33.2 Å². The molecule has 12 heteroatoms. The van der Waals surface area contributed by atoms with Gasteiger partial charge in [0.2, 0.25) is 0 Å². The monoisotopic (exact) mass is 688 g/mol. The highest BCUT2D eigenvalue weighted by Crippen LogP contribution is 2.61. The van der Waals surface area contributed by atoms with Crippen molar-refractivity contribution in [2.24, 2.45) is 35.3 Å². The summed E-state index contributed by atoms with van der Waals surface area (Å²) in [5.74, 6) is -0.368. The van der Waals surface area contributed by atoms with Gasteiger partial charge in [0.25, 0.3) is 5.60 Å². The van der Waals surface area contributed by atoms with Crippen LogP contribution in [0.15, 0.2) is 23.8 Å².